The molecule has 1 heterocycles. The third-order valence-electron chi connectivity index (χ3n) is 5.80. The molecule has 0 aliphatic carbocycles. The van der Waals surface area contributed by atoms with E-state index < -0.39 is 10.0 Å². The van der Waals surface area contributed by atoms with E-state index in [4.69, 9.17) is 4.74 Å². The number of nitrogens with zero attached hydrogens (tertiary/aromatic N) is 1. The molecule has 7 nitrogen and oxygen atoms in total. The van der Waals surface area contributed by atoms with Crippen LogP contribution in [0.25, 0.3) is 0 Å². The van der Waals surface area contributed by atoms with Crippen LogP contribution < -0.4 is 14.9 Å². The minimum absolute atomic E-state index is 0.221. The molecule has 0 unspecified atom stereocenters. The smallest absolute Gasteiger partial charge is 0.262 e. The number of amides is 1. The van der Waals surface area contributed by atoms with E-state index in [1.165, 1.54) is 0 Å². The number of ether oxygens (including phenoxy) is 1. The Morgan fingerprint density at radius 3 is 2.29 bits per heavy atom. The van der Waals surface area contributed by atoms with Crippen LogP contribution in [0, 0.1) is 13.8 Å². The maximum atomic E-state index is 12.8. The van der Waals surface area contributed by atoms with Crippen LogP contribution in [0.15, 0.2) is 71.6 Å². The van der Waals surface area contributed by atoms with Gasteiger partial charge in [-0.25, -0.2) is 8.42 Å². The summed E-state index contributed by atoms with van der Waals surface area (Å²) in [5.74, 6) is -0.221. The molecular formula is C26H29N3O4S. The van der Waals surface area contributed by atoms with Gasteiger partial charge in [0, 0.05) is 36.6 Å². The molecule has 0 atom stereocenters. The Morgan fingerprint density at radius 2 is 1.62 bits per heavy atom. The largest absolute Gasteiger partial charge is 0.378 e. The summed E-state index contributed by atoms with van der Waals surface area (Å²) < 4.78 is 33.5. The van der Waals surface area contributed by atoms with Gasteiger partial charge in [0.1, 0.15) is 0 Å². The van der Waals surface area contributed by atoms with Crippen LogP contribution in [0.4, 0.5) is 11.4 Å². The van der Waals surface area contributed by atoms with Crippen molar-refractivity contribution >= 4 is 27.3 Å². The first-order chi connectivity index (χ1) is 16.3. The quantitative estimate of drug-likeness (QED) is 0.537. The topological polar surface area (TPSA) is 87.7 Å². The van der Waals surface area contributed by atoms with Gasteiger partial charge in [0.05, 0.1) is 18.1 Å². The van der Waals surface area contributed by atoms with Gasteiger partial charge >= 0.3 is 0 Å². The number of hydrogen-bond donors (Lipinski definition) is 2. The molecule has 8 heteroatoms. The van der Waals surface area contributed by atoms with Crippen molar-refractivity contribution in [1.82, 2.24) is 5.32 Å². The van der Waals surface area contributed by atoms with Crippen molar-refractivity contribution < 1.29 is 17.9 Å². The van der Waals surface area contributed by atoms with E-state index in [0.717, 1.165) is 43.1 Å². The molecule has 0 bridgehead atoms. The third kappa shape index (κ3) is 5.76. The van der Waals surface area contributed by atoms with Crippen LogP contribution in [0.2, 0.25) is 0 Å². The summed E-state index contributed by atoms with van der Waals surface area (Å²) in [6.07, 6.45) is 0. The van der Waals surface area contributed by atoms with Crippen molar-refractivity contribution in [2.75, 3.05) is 35.9 Å². The fourth-order valence-electron chi connectivity index (χ4n) is 3.83. The number of aryl methyl sites for hydroxylation is 2. The Bertz CT molecular complexity index is 1250. The fourth-order valence-corrected chi connectivity index (χ4v) is 5.22. The molecule has 1 fully saturated rings. The number of morpholine rings is 1. The average Bonchev–Trinajstić information content (AvgIpc) is 2.85. The monoisotopic (exact) mass is 479 g/mol. The molecule has 2 N–H and O–H groups in total. The van der Waals surface area contributed by atoms with Gasteiger partial charge in [-0.2, -0.15) is 0 Å². The third-order valence-corrected chi connectivity index (χ3v) is 7.32. The first kappa shape index (κ1) is 23.8. The number of sulfonamides is 1. The van der Waals surface area contributed by atoms with Crippen molar-refractivity contribution in [1.29, 1.82) is 0 Å². The summed E-state index contributed by atoms with van der Waals surface area (Å²) in [5.41, 5.74) is 4.55. The predicted molar refractivity (Wildman–Crippen MR) is 134 cm³/mol. The number of anilines is 2. The van der Waals surface area contributed by atoms with Crippen LogP contribution in [0.5, 0.6) is 0 Å². The summed E-state index contributed by atoms with van der Waals surface area (Å²) in [7, 11) is -3.72. The van der Waals surface area contributed by atoms with Crippen molar-refractivity contribution in [2.24, 2.45) is 0 Å². The molecule has 0 spiro atoms. The summed E-state index contributed by atoms with van der Waals surface area (Å²) in [6.45, 7) is 7.26. The van der Waals surface area contributed by atoms with Crippen LogP contribution in [0.1, 0.15) is 27.0 Å². The highest BCUT2D eigenvalue weighted by molar-refractivity contribution is 7.92. The van der Waals surface area contributed by atoms with E-state index in [2.05, 4.69) is 27.1 Å². The lowest BCUT2D eigenvalue weighted by Gasteiger charge is -2.28. The van der Waals surface area contributed by atoms with Gasteiger partial charge in [-0.05, 0) is 73.0 Å². The zero-order valence-corrected chi connectivity index (χ0v) is 20.2. The number of carbonyl (C=O) groups excluding carboxylic acids is 1. The highest BCUT2D eigenvalue weighted by Crippen LogP contribution is 2.21. The molecular weight excluding hydrogens is 450 g/mol. The Labute approximate surface area is 200 Å². The lowest BCUT2D eigenvalue weighted by Crippen LogP contribution is -2.36. The molecule has 0 saturated carbocycles. The molecule has 4 rings (SSSR count). The molecule has 178 valence electrons. The van der Waals surface area contributed by atoms with Crippen LogP contribution in [0.3, 0.4) is 0 Å². The summed E-state index contributed by atoms with van der Waals surface area (Å²) >= 11 is 0. The highest BCUT2D eigenvalue weighted by atomic mass is 32.2. The van der Waals surface area contributed by atoms with Gasteiger partial charge in [0.25, 0.3) is 15.9 Å². The molecule has 3 aromatic carbocycles. The van der Waals surface area contributed by atoms with E-state index in [-0.39, 0.29) is 10.8 Å². The van der Waals surface area contributed by atoms with Gasteiger partial charge in [0.2, 0.25) is 0 Å². The van der Waals surface area contributed by atoms with E-state index in [1.807, 2.05) is 25.1 Å². The molecule has 34 heavy (non-hydrogen) atoms. The molecule has 3 aromatic rings. The van der Waals surface area contributed by atoms with Crippen LogP contribution in [-0.2, 0) is 21.3 Å². The minimum Gasteiger partial charge on any atom is -0.378 e. The molecule has 1 aliphatic heterocycles. The standard InChI is InChI=1S/C26H29N3O4S/c1-19-3-4-20(2)25(17-19)34(31,32)28-23-9-7-22(8-10-23)26(30)27-18-21-5-11-24(12-6-21)29-13-15-33-16-14-29/h3-12,17,28H,13-16,18H2,1-2H3,(H,27,30). The molecule has 1 aliphatic rings. The average molecular weight is 480 g/mol. The first-order valence-electron chi connectivity index (χ1n) is 11.2. The van der Waals surface area contributed by atoms with E-state index >= 15 is 0 Å². The van der Waals surface area contributed by atoms with Crippen LogP contribution in [-0.4, -0.2) is 40.6 Å². The number of rotatable bonds is 7. The van der Waals surface area contributed by atoms with Crippen molar-refractivity contribution in [2.45, 2.75) is 25.3 Å². The lowest BCUT2D eigenvalue weighted by molar-refractivity contribution is 0.0951. The first-order valence-corrected chi connectivity index (χ1v) is 12.7. The maximum Gasteiger partial charge on any atom is 0.262 e. The lowest BCUT2D eigenvalue weighted by atomic mass is 10.1. The minimum atomic E-state index is -3.72. The van der Waals surface area contributed by atoms with E-state index in [0.29, 0.717) is 23.4 Å². The van der Waals surface area contributed by atoms with Gasteiger partial charge in [-0.3, -0.25) is 9.52 Å². The van der Waals surface area contributed by atoms with E-state index in [9.17, 15) is 13.2 Å². The zero-order chi connectivity index (χ0) is 24.1. The SMILES string of the molecule is Cc1ccc(C)c(S(=O)(=O)Nc2ccc(C(=O)NCc3ccc(N4CCOCC4)cc3)cc2)c1. The Morgan fingerprint density at radius 1 is 0.941 bits per heavy atom. The molecule has 1 amide bonds. The molecule has 1 saturated heterocycles. The maximum absolute atomic E-state index is 12.8. The number of hydrogen-bond acceptors (Lipinski definition) is 5. The van der Waals surface area contributed by atoms with Gasteiger partial charge in [-0.15, -0.1) is 0 Å². The number of benzene rings is 3. The highest BCUT2D eigenvalue weighted by Gasteiger charge is 2.17. The Hall–Kier alpha value is -3.36. The Balaban J connectivity index is 1.34. The van der Waals surface area contributed by atoms with Crippen molar-refractivity contribution in [3.8, 4) is 0 Å². The second-order valence-electron chi connectivity index (χ2n) is 8.40. The summed E-state index contributed by atoms with van der Waals surface area (Å²) in [6, 6.07) is 19.8. The zero-order valence-electron chi connectivity index (χ0n) is 19.4. The van der Waals surface area contributed by atoms with Gasteiger partial charge < -0.3 is 15.0 Å². The molecule has 0 aromatic heterocycles. The summed E-state index contributed by atoms with van der Waals surface area (Å²) in [5, 5.41) is 2.91. The fraction of sp³-hybridized carbons (Fsp3) is 0.269. The molecule has 0 radical (unpaired) electrons. The number of nitrogens with one attached hydrogen (secondary N) is 2. The number of carbonyl (C=O) groups is 1. The van der Waals surface area contributed by atoms with Gasteiger partial charge in [-0.1, -0.05) is 24.3 Å². The Kier molecular flexibility index (Phi) is 7.19. The normalized spacial score (nSPS) is 14.0. The summed E-state index contributed by atoms with van der Waals surface area (Å²) in [4.78, 5) is 15.1. The van der Waals surface area contributed by atoms with Crippen molar-refractivity contribution in [3.63, 3.8) is 0 Å². The van der Waals surface area contributed by atoms with Gasteiger partial charge in [0.15, 0.2) is 0 Å². The van der Waals surface area contributed by atoms with Crippen molar-refractivity contribution in [3.05, 3.63) is 89.0 Å². The van der Waals surface area contributed by atoms with E-state index in [1.54, 1.807) is 43.3 Å². The second-order valence-corrected chi connectivity index (χ2v) is 10.1. The second kappa shape index (κ2) is 10.3. The van der Waals surface area contributed by atoms with Crippen LogP contribution >= 0.6 is 0 Å². The predicted octanol–water partition coefficient (Wildman–Crippen LogP) is 3.87.